The van der Waals surface area contributed by atoms with E-state index in [1.165, 1.54) is 13.2 Å². The molecule has 0 aromatic carbocycles. The van der Waals surface area contributed by atoms with Crippen LogP contribution in [0, 0.1) is 17.0 Å². The first-order valence-corrected chi connectivity index (χ1v) is 2.74. The molecule has 11 heavy (non-hydrogen) atoms. The van der Waals surface area contributed by atoms with Gasteiger partial charge in [-0.3, -0.25) is 4.79 Å². The third-order valence-corrected chi connectivity index (χ3v) is 1.14. The number of nitrogens with zero attached hydrogens (tertiary/aromatic N) is 2. The van der Waals surface area contributed by atoms with Gasteiger partial charge < -0.3 is 10.1 Å². The maximum Gasteiger partial charge on any atom is 0.343 e. The van der Waals surface area contributed by atoms with E-state index in [2.05, 4.69) is 9.97 Å². The van der Waals surface area contributed by atoms with Gasteiger partial charge in [0.25, 0.3) is 12.1 Å². The number of aryl methyl sites for hydroxylation is 1. The average Bonchev–Trinajstić information content (AvgIpc) is 2.30. The smallest absolute Gasteiger partial charge is 0.343 e. The molecule has 0 saturated heterocycles. The van der Waals surface area contributed by atoms with Gasteiger partial charge in [-0.1, -0.05) is 0 Å². The van der Waals surface area contributed by atoms with E-state index in [1.807, 2.05) is 0 Å². The van der Waals surface area contributed by atoms with Crippen LogP contribution in [0.25, 0.3) is 0 Å². The average molecular weight is 154 g/mol. The molecule has 57 valence electrons. The Morgan fingerprint density at radius 2 is 2.36 bits per heavy atom. The van der Waals surface area contributed by atoms with Crippen LogP contribution in [0.3, 0.4) is 0 Å². The molecule has 1 radical (unpaired) electrons. The molecule has 1 aromatic heterocycles. The second kappa shape index (κ2) is 2.49. The van der Waals surface area contributed by atoms with E-state index in [0.717, 1.165) is 0 Å². The van der Waals surface area contributed by atoms with Gasteiger partial charge in [0.1, 0.15) is 5.69 Å². The number of H-pyrrole nitrogens is 1. The molecule has 0 bridgehead atoms. The Balaban J connectivity index is 3.16. The number of imidazole rings is 1. The van der Waals surface area contributed by atoms with Crippen molar-refractivity contribution in [3.63, 3.8) is 0 Å². The normalized spacial score (nSPS) is 9.55. The first-order valence-electron chi connectivity index (χ1n) is 2.74. The van der Waals surface area contributed by atoms with Crippen LogP contribution >= 0.6 is 0 Å². The van der Waals surface area contributed by atoms with Gasteiger partial charge in [0.15, 0.2) is 0 Å². The molecule has 0 fully saturated rings. The topological polar surface area (TPSA) is 88.9 Å². The highest BCUT2D eigenvalue weighted by Crippen LogP contribution is 2.11. The van der Waals surface area contributed by atoms with Crippen molar-refractivity contribution in [1.29, 1.82) is 0 Å². The molecule has 0 unspecified atom stereocenters. The van der Waals surface area contributed by atoms with Crippen LogP contribution in [0.15, 0.2) is 0 Å². The van der Waals surface area contributed by atoms with Crippen LogP contribution in [0.5, 0.6) is 0 Å². The Morgan fingerprint density at radius 3 is 2.64 bits per heavy atom. The highest BCUT2D eigenvalue weighted by Gasteiger charge is 2.15. The summed E-state index contributed by atoms with van der Waals surface area (Å²) in [6, 6.07) is 0. The third-order valence-electron chi connectivity index (χ3n) is 1.14. The molecular formula is C5H4N3O3. The summed E-state index contributed by atoms with van der Waals surface area (Å²) in [5.41, 5.74) is 0.188. The minimum absolute atomic E-state index is 0.144. The lowest BCUT2D eigenvalue weighted by molar-refractivity contribution is -0.389. The minimum Gasteiger partial charge on any atom is -0.358 e. The second-order valence-electron chi connectivity index (χ2n) is 1.88. The van der Waals surface area contributed by atoms with Crippen LogP contribution in [0.1, 0.15) is 11.5 Å². The lowest BCUT2D eigenvalue weighted by atomic mass is 10.5. The van der Waals surface area contributed by atoms with Crippen molar-refractivity contribution in [2.45, 2.75) is 6.92 Å². The fraction of sp³-hybridized carbons (Fsp3) is 0.200. The van der Waals surface area contributed by atoms with Crippen molar-refractivity contribution >= 4 is 12.1 Å². The van der Waals surface area contributed by atoms with Gasteiger partial charge in [0.2, 0.25) is 0 Å². The number of rotatable bonds is 2. The van der Waals surface area contributed by atoms with Crippen LogP contribution < -0.4 is 0 Å². The number of nitrogens with one attached hydrogen (secondary N) is 1. The molecule has 6 nitrogen and oxygen atoms in total. The summed E-state index contributed by atoms with van der Waals surface area (Å²) in [5, 5.41) is 10.2. The Kier molecular flexibility index (Phi) is 1.67. The van der Waals surface area contributed by atoms with E-state index in [4.69, 9.17) is 0 Å². The summed E-state index contributed by atoms with van der Waals surface area (Å²) in [6.07, 6.45) is 1.42. The molecule has 1 N–H and O–H groups in total. The molecular weight excluding hydrogens is 150 g/mol. The Bertz CT molecular complexity index is 304. The fourth-order valence-electron chi connectivity index (χ4n) is 0.677. The SMILES string of the molecule is Cc1nc([C]=O)[nH]c1[N+](=O)[O-]. The van der Waals surface area contributed by atoms with Crippen LogP contribution in [0.2, 0.25) is 0 Å². The van der Waals surface area contributed by atoms with Gasteiger partial charge in [-0.25, -0.2) is 9.97 Å². The van der Waals surface area contributed by atoms with Crippen molar-refractivity contribution in [3.8, 4) is 0 Å². The van der Waals surface area contributed by atoms with Gasteiger partial charge in [-0.15, -0.1) is 0 Å². The van der Waals surface area contributed by atoms with E-state index < -0.39 is 4.92 Å². The molecule has 0 aliphatic heterocycles. The van der Waals surface area contributed by atoms with Crippen molar-refractivity contribution in [2.75, 3.05) is 0 Å². The molecule has 0 spiro atoms. The van der Waals surface area contributed by atoms with Gasteiger partial charge in [-0.2, -0.15) is 0 Å². The van der Waals surface area contributed by atoms with Crippen molar-refractivity contribution in [2.24, 2.45) is 0 Å². The zero-order valence-corrected chi connectivity index (χ0v) is 5.62. The number of aromatic nitrogens is 2. The number of hydrogen-bond donors (Lipinski definition) is 1. The summed E-state index contributed by atoms with van der Waals surface area (Å²) in [6.45, 7) is 1.44. The molecule has 6 heteroatoms. The van der Waals surface area contributed by atoms with E-state index in [-0.39, 0.29) is 17.3 Å². The van der Waals surface area contributed by atoms with Crippen LogP contribution in [0.4, 0.5) is 5.82 Å². The summed E-state index contributed by atoms with van der Waals surface area (Å²) in [4.78, 5) is 25.2. The molecule has 1 heterocycles. The molecule has 0 atom stereocenters. The quantitative estimate of drug-likeness (QED) is 0.482. The monoisotopic (exact) mass is 154 g/mol. The molecule has 0 saturated carbocycles. The Labute approximate surface area is 61.4 Å². The second-order valence-corrected chi connectivity index (χ2v) is 1.88. The predicted octanol–water partition coefficient (Wildman–Crippen LogP) is 0.0841. The minimum atomic E-state index is -0.636. The summed E-state index contributed by atoms with van der Waals surface area (Å²) in [7, 11) is 0. The lowest BCUT2D eigenvalue weighted by Gasteiger charge is -1.87. The summed E-state index contributed by atoms with van der Waals surface area (Å²) in [5.74, 6) is -0.405. The first-order chi connectivity index (χ1) is 5.15. The molecule has 0 aliphatic carbocycles. The number of nitro groups is 1. The largest absolute Gasteiger partial charge is 0.358 e. The first kappa shape index (κ1) is 7.39. The molecule has 1 rings (SSSR count). The van der Waals surface area contributed by atoms with Crippen molar-refractivity contribution in [1.82, 2.24) is 9.97 Å². The number of hydrogen-bond acceptors (Lipinski definition) is 4. The van der Waals surface area contributed by atoms with Crippen LogP contribution in [-0.4, -0.2) is 21.2 Å². The van der Waals surface area contributed by atoms with Gasteiger partial charge >= 0.3 is 5.82 Å². The Hall–Kier alpha value is -1.72. The lowest BCUT2D eigenvalue weighted by Crippen LogP contribution is -1.89. The van der Waals surface area contributed by atoms with E-state index in [0.29, 0.717) is 0 Å². The highest BCUT2D eigenvalue weighted by atomic mass is 16.6. The zero-order valence-electron chi connectivity index (χ0n) is 5.62. The van der Waals surface area contributed by atoms with Gasteiger partial charge in [-0.05, 0) is 11.8 Å². The van der Waals surface area contributed by atoms with E-state index >= 15 is 0 Å². The third kappa shape index (κ3) is 1.23. The summed E-state index contributed by atoms with van der Waals surface area (Å²) >= 11 is 0. The van der Waals surface area contributed by atoms with Crippen LogP contribution in [-0.2, 0) is 4.79 Å². The fourth-order valence-corrected chi connectivity index (χ4v) is 0.677. The van der Waals surface area contributed by atoms with Gasteiger partial charge in [0, 0.05) is 0 Å². The number of carbonyl (C=O) groups excluding carboxylic acids is 1. The van der Waals surface area contributed by atoms with Crippen molar-refractivity contribution in [3.05, 3.63) is 21.6 Å². The highest BCUT2D eigenvalue weighted by molar-refractivity contribution is 5.70. The zero-order chi connectivity index (χ0) is 8.43. The molecule has 0 amide bonds. The summed E-state index contributed by atoms with van der Waals surface area (Å²) < 4.78 is 0. The standard InChI is InChI=1S/C5H4N3O3/c1-3-5(8(10)11)7-4(2-9)6-3/h1H3,(H,6,7). The van der Waals surface area contributed by atoms with E-state index in [9.17, 15) is 14.9 Å². The number of aromatic amines is 1. The molecule has 1 aromatic rings. The maximum absolute atomic E-state index is 10.2. The van der Waals surface area contributed by atoms with E-state index in [1.54, 1.807) is 0 Å². The van der Waals surface area contributed by atoms with Gasteiger partial charge in [0.05, 0.1) is 0 Å². The predicted molar refractivity (Wildman–Crippen MR) is 34.8 cm³/mol. The Morgan fingerprint density at radius 1 is 1.73 bits per heavy atom. The maximum atomic E-state index is 10.2. The van der Waals surface area contributed by atoms with Crippen molar-refractivity contribution < 1.29 is 9.72 Å². The molecule has 0 aliphatic rings.